The number of benzene rings is 2. The molecule has 2 aromatic rings. The van der Waals surface area contributed by atoms with Crippen molar-refractivity contribution in [3.63, 3.8) is 0 Å². The van der Waals surface area contributed by atoms with Gasteiger partial charge in [0.15, 0.2) is 0 Å². The molecule has 1 nitrogen and oxygen atoms in total. The summed E-state index contributed by atoms with van der Waals surface area (Å²) in [5.74, 6) is 0.618. The molecule has 2 unspecified atom stereocenters. The van der Waals surface area contributed by atoms with E-state index in [4.69, 9.17) is 0 Å². The fourth-order valence-electron chi connectivity index (χ4n) is 3.10. The third-order valence-electron chi connectivity index (χ3n) is 4.13. The smallest absolute Gasteiger partial charge is 0.0393 e. The van der Waals surface area contributed by atoms with E-state index >= 15 is 0 Å². The lowest BCUT2D eigenvalue weighted by molar-refractivity contribution is 0.437. The highest BCUT2D eigenvalue weighted by molar-refractivity contribution is 5.44. The van der Waals surface area contributed by atoms with Gasteiger partial charge in [-0.15, -0.1) is 0 Å². The van der Waals surface area contributed by atoms with Crippen LogP contribution >= 0.6 is 0 Å². The Kier molecular flexibility index (Phi) is 2.92. The first-order chi connectivity index (χ1) is 8.81. The van der Waals surface area contributed by atoms with Gasteiger partial charge in [-0.1, -0.05) is 48.5 Å². The van der Waals surface area contributed by atoms with Crippen LogP contribution in [0.25, 0.3) is 0 Å². The maximum Gasteiger partial charge on any atom is 0.0393 e. The minimum Gasteiger partial charge on any atom is -0.312 e. The molecule has 1 aliphatic carbocycles. The van der Waals surface area contributed by atoms with Crippen LogP contribution in [0.2, 0.25) is 0 Å². The van der Waals surface area contributed by atoms with Gasteiger partial charge in [0, 0.05) is 12.0 Å². The Hall–Kier alpha value is -1.60. The van der Waals surface area contributed by atoms with Gasteiger partial charge in [-0.05, 0) is 42.6 Å². The molecule has 0 bridgehead atoms. The molecule has 1 N–H and O–H groups in total. The lowest BCUT2D eigenvalue weighted by Crippen LogP contribution is -2.31. The van der Waals surface area contributed by atoms with Crippen LogP contribution in [-0.2, 0) is 6.42 Å². The molecule has 0 aliphatic heterocycles. The molecule has 0 amide bonds. The predicted octanol–water partition coefficient (Wildman–Crippen LogP) is 3.60. The first-order valence-corrected chi connectivity index (χ1v) is 6.62. The molecule has 1 heteroatoms. The van der Waals surface area contributed by atoms with Crippen molar-refractivity contribution in [3.05, 3.63) is 70.8 Å². The van der Waals surface area contributed by atoms with Crippen molar-refractivity contribution in [1.82, 2.24) is 5.32 Å². The highest BCUT2D eigenvalue weighted by Gasteiger charge is 2.33. The molecule has 92 valence electrons. The maximum atomic E-state index is 3.50. The van der Waals surface area contributed by atoms with Gasteiger partial charge < -0.3 is 5.32 Å². The van der Waals surface area contributed by atoms with Gasteiger partial charge in [0.1, 0.15) is 0 Å². The van der Waals surface area contributed by atoms with Crippen LogP contribution in [0.1, 0.15) is 34.2 Å². The van der Waals surface area contributed by atoms with E-state index < -0.39 is 0 Å². The van der Waals surface area contributed by atoms with E-state index in [9.17, 15) is 0 Å². The molecule has 2 atom stereocenters. The van der Waals surface area contributed by atoms with Crippen molar-refractivity contribution in [1.29, 1.82) is 0 Å². The summed E-state index contributed by atoms with van der Waals surface area (Å²) in [7, 11) is 2.07. The molecule has 0 saturated carbocycles. The van der Waals surface area contributed by atoms with Crippen molar-refractivity contribution < 1.29 is 0 Å². The summed E-state index contributed by atoms with van der Waals surface area (Å²) in [4.78, 5) is 0. The summed E-state index contributed by atoms with van der Waals surface area (Å²) in [5, 5.41) is 3.50. The second-order valence-electron chi connectivity index (χ2n) is 5.13. The van der Waals surface area contributed by atoms with Gasteiger partial charge in [0.05, 0.1) is 0 Å². The fourth-order valence-corrected chi connectivity index (χ4v) is 3.10. The standard InChI is InChI=1S/C17H19N/c1-12-7-3-5-9-14(12)17(18-2)16-11-13-8-4-6-10-15(13)16/h3-10,16-18H,11H2,1-2H3. The van der Waals surface area contributed by atoms with E-state index in [1.807, 2.05) is 0 Å². The van der Waals surface area contributed by atoms with Gasteiger partial charge in [-0.3, -0.25) is 0 Å². The molecule has 0 saturated heterocycles. The van der Waals surface area contributed by atoms with Crippen molar-refractivity contribution in [3.8, 4) is 0 Å². The third kappa shape index (κ3) is 1.75. The molecule has 0 aromatic heterocycles. The minimum atomic E-state index is 0.432. The molecule has 18 heavy (non-hydrogen) atoms. The Balaban J connectivity index is 1.95. The van der Waals surface area contributed by atoms with Crippen LogP contribution in [0.4, 0.5) is 0 Å². The largest absolute Gasteiger partial charge is 0.312 e. The van der Waals surface area contributed by atoms with Gasteiger partial charge in [0.2, 0.25) is 0 Å². The second kappa shape index (κ2) is 4.58. The van der Waals surface area contributed by atoms with E-state index in [0.29, 0.717) is 12.0 Å². The molecule has 0 spiro atoms. The van der Waals surface area contributed by atoms with E-state index in [1.54, 1.807) is 0 Å². The Morgan fingerprint density at radius 1 is 1.06 bits per heavy atom. The minimum absolute atomic E-state index is 0.432. The molecule has 0 fully saturated rings. The van der Waals surface area contributed by atoms with E-state index in [-0.39, 0.29) is 0 Å². The highest BCUT2D eigenvalue weighted by Crippen LogP contribution is 2.43. The topological polar surface area (TPSA) is 12.0 Å². The zero-order valence-electron chi connectivity index (χ0n) is 11.0. The van der Waals surface area contributed by atoms with Crippen molar-refractivity contribution >= 4 is 0 Å². The second-order valence-corrected chi connectivity index (χ2v) is 5.13. The molecular formula is C17H19N. The Labute approximate surface area is 109 Å². The van der Waals surface area contributed by atoms with Gasteiger partial charge in [0.25, 0.3) is 0 Å². The summed E-state index contributed by atoms with van der Waals surface area (Å²) < 4.78 is 0. The zero-order chi connectivity index (χ0) is 12.5. The molecule has 0 radical (unpaired) electrons. The predicted molar refractivity (Wildman–Crippen MR) is 75.9 cm³/mol. The SMILES string of the molecule is CNC(c1ccccc1C)C1Cc2ccccc21. The molecule has 2 aromatic carbocycles. The number of nitrogens with one attached hydrogen (secondary N) is 1. The molecule has 3 rings (SSSR count). The number of hydrogen-bond acceptors (Lipinski definition) is 1. The Morgan fingerprint density at radius 3 is 2.50 bits per heavy atom. The van der Waals surface area contributed by atoms with Gasteiger partial charge in [-0.25, -0.2) is 0 Å². The molecule has 0 heterocycles. The fraction of sp³-hybridized carbons (Fsp3) is 0.294. The summed E-state index contributed by atoms with van der Waals surface area (Å²) >= 11 is 0. The van der Waals surface area contributed by atoms with Crippen molar-refractivity contribution in [2.75, 3.05) is 7.05 Å². The van der Waals surface area contributed by atoms with Crippen LogP contribution in [0.5, 0.6) is 0 Å². The average molecular weight is 237 g/mol. The monoisotopic (exact) mass is 237 g/mol. The number of aryl methyl sites for hydroxylation is 1. The summed E-state index contributed by atoms with van der Waals surface area (Å²) in [6.45, 7) is 2.20. The summed E-state index contributed by atoms with van der Waals surface area (Å²) in [6, 6.07) is 17.9. The van der Waals surface area contributed by atoms with Gasteiger partial charge >= 0.3 is 0 Å². The summed E-state index contributed by atoms with van der Waals surface area (Å²) in [5.41, 5.74) is 5.83. The Morgan fingerprint density at radius 2 is 1.78 bits per heavy atom. The average Bonchev–Trinajstić information content (AvgIpc) is 2.37. The van der Waals surface area contributed by atoms with Crippen LogP contribution in [-0.4, -0.2) is 7.05 Å². The van der Waals surface area contributed by atoms with E-state index in [2.05, 4.69) is 67.8 Å². The normalized spacial score (nSPS) is 18.9. The maximum absolute atomic E-state index is 3.50. The van der Waals surface area contributed by atoms with E-state index in [0.717, 1.165) is 0 Å². The van der Waals surface area contributed by atoms with Crippen LogP contribution in [0, 0.1) is 6.92 Å². The van der Waals surface area contributed by atoms with E-state index in [1.165, 1.54) is 28.7 Å². The number of hydrogen-bond donors (Lipinski definition) is 1. The summed E-state index contributed by atoms with van der Waals surface area (Å²) in [6.07, 6.45) is 1.19. The lowest BCUT2D eigenvalue weighted by Gasteiger charge is -2.37. The lowest BCUT2D eigenvalue weighted by atomic mass is 9.71. The number of fused-ring (bicyclic) bond motifs is 1. The van der Waals surface area contributed by atoms with Crippen LogP contribution in [0.3, 0.4) is 0 Å². The van der Waals surface area contributed by atoms with Crippen molar-refractivity contribution in [2.24, 2.45) is 0 Å². The van der Waals surface area contributed by atoms with Crippen molar-refractivity contribution in [2.45, 2.75) is 25.3 Å². The number of rotatable bonds is 3. The quantitative estimate of drug-likeness (QED) is 0.860. The number of likely N-dealkylation sites (N-methyl/N-ethyl adjacent to an activating group) is 1. The van der Waals surface area contributed by atoms with Gasteiger partial charge in [-0.2, -0.15) is 0 Å². The zero-order valence-corrected chi connectivity index (χ0v) is 11.0. The first kappa shape index (κ1) is 11.5. The third-order valence-corrected chi connectivity index (χ3v) is 4.13. The molecule has 1 aliphatic rings. The van der Waals surface area contributed by atoms with Crippen LogP contribution in [0.15, 0.2) is 48.5 Å². The first-order valence-electron chi connectivity index (χ1n) is 6.62. The highest BCUT2D eigenvalue weighted by atomic mass is 14.9. The van der Waals surface area contributed by atoms with Crippen LogP contribution < -0.4 is 5.32 Å². The Bertz CT molecular complexity index is 559. The molecular weight excluding hydrogens is 218 g/mol.